The van der Waals surface area contributed by atoms with Crippen molar-refractivity contribution in [3.63, 3.8) is 0 Å². The molecule has 11 heteroatoms. The van der Waals surface area contributed by atoms with Gasteiger partial charge >= 0.3 is 6.61 Å². The van der Waals surface area contributed by atoms with E-state index in [4.69, 9.17) is 14.7 Å². The monoisotopic (exact) mass is 557 g/mol. The van der Waals surface area contributed by atoms with Crippen molar-refractivity contribution >= 4 is 10.0 Å². The Bertz CT molecular complexity index is 1370. The molecule has 0 radical (unpaired) electrons. The van der Waals surface area contributed by atoms with E-state index in [9.17, 15) is 17.2 Å². The van der Waals surface area contributed by atoms with Crippen LogP contribution in [-0.2, 0) is 21.4 Å². The summed E-state index contributed by atoms with van der Waals surface area (Å²) in [7, 11) is -2.18. The van der Waals surface area contributed by atoms with Crippen molar-refractivity contribution in [1.29, 1.82) is 5.26 Å². The molecule has 8 nitrogen and oxygen atoms in total. The molecule has 0 amide bonds. The lowest BCUT2D eigenvalue weighted by molar-refractivity contribution is -0.0498. The molecule has 0 saturated carbocycles. The first-order valence-corrected chi connectivity index (χ1v) is 13.7. The summed E-state index contributed by atoms with van der Waals surface area (Å²) in [4.78, 5) is 2.17. The largest absolute Gasteiger partial charge is 0.497 e. The van der Waals surface area contributed by atoms with Gasteiger partial charge in [0, 0.05) is 32.7 Å². The number of nitriles is 1. The predicted molar refractivity (Wildman–Crippen MR) is 140 cm³/mol. The SMILES string of the molecule is COc1cccc(C(CN2CCN(S(=O)(=O)c3ccc(OC(F)F)cc3)CC2)OCc2ccc(C#N)cc2)c1. The van der Waals surface area contributed by atoms with Crippen LogP contribution in [0.1, 0.15) is 22.8 Å². The first-order valence-electron chi connectivity index (χ1n) is 12.3. The number of hydrogen-bond donors (Lipinski definition) is 0. The van der Waals surface area contributed by atoms with Crippen LogP contribution in [0.5, 0.6) is 11.5 Å². The molecular formula is C28H29F2N3O5S. The quantitative estimate of drug-likeness (QED) is 0.344. The Morgan fingerprint density at radius 3 is 2.26 bits per heavy atom. The Morgan fingerprint density at radius 2 is 1.64 bits per heavy atom. The Kier molecular flexibility index (Phi) is 9.48. The zero-order valence-electron chi connectivity index (χ0n) is 21.4. The van der Waals surface area contributed by atoms with Gasteiger partial charge in [-0.3, -0.25) is 4.90 Å². The normalized spacial score (nSPS) is 15.6. The average Bonchev–Trinajstić information content (AvgIpc) is 2.95. The number of benzene rings is 3. The number of methoxy groups -OCH3 is 1. The Morgan fingerprint density at radius 1 is 0.949 bits per heavy atom. The summed E-state index contributed by atoms with van der Waals surface area (Å²) < 4.78 is 68.4. The van der Waals surface area contributed by atoms with Crippen molar-refractivity contribution in [2.75, 3.05) is 39.8 Å². The molecule has 206 valence electrons. The number of nitrogens with zero attached hydrogens (tertiary/aromatic N) is 3. The summed E-state index contributed by atoms with van der Waals surface area (Å²) in [6, 6.07) is 22.0. The van der Waals surface area contributed by atoms with Crippen molar-refractivity contribution < 1.29 is 31.4 Å². The molecule has 0 N–H and O–H groups in total. The Balaban J connectivity index is 1.41. The van der Waals surface area contributed by atoms with E-state index in [-0.39, 0.29) is 29.8 Å². The van der Waals surface area contributed by atoms with Gasteiger partial charge in [0.15, 0.2) is 0 Å². The second-order valence-corrected chi connectivity index (χ2v) is 10.9. The van der Waals surface area contributed by atoms with E-state index in [0.29, 0.717) is 37.6 Å². The van der Waals surface area contributed by atoms with Gasteiger partial charge in [0.25, 0.3) is 0 Å². The fourth-order valence-electron chi connectivity index (χ4n) is 4.30. The number of ether oxygens (including phenoxy) is 3. The highest BCUT2D eigenvalue weighted by Crippen LogP contribution is 2.26. The average molecular weight is 558 g/mol. The van der Waals surface area contributed by atoms with Crippen LogP contribution >= 0.6 is 0 Å². The van der Waals surface area contributed by atoms with E-state index in [2.05, 4.69) is 15.7 Å². The van der Waals surface area contributed by atoms with Gasteiger partial charge in [-0.25, -0.2) is 8.42 Å². The molecule has 3 aromatic carbocycles. The molecule has 0 aliphatic carbocycles. The van der Waals surface area contributed by atoms with E-state index in [1.54, 1.807) is 19.2 Å². The van der Waals surface area contributed by atoms with Gasteiger partial charge in [-0.1, -0.05) is 24.3 Å². The summed E-state index contributed by atoms with van der Waals surface area (Å²) in [6.07, 6.45) is -0.304. The van der Waals surface area contributed by atoms with Crippen LogP contribution in [0.4, 0.5) is 8.78 Å². The van der Waals surface area contributed by atoms with Crippen LogP contribution in [0.3, 0.4) is 0 Å². The maximum absolute atomic E-state index is 13.1. The molecular weight excluding hydrogens is 528 g/mol. The second kappa shape index (κ2) is 13.0. The molecule has 1 atom stereocenters. The lowest BCUT2D eigenvalue weighted by Crippen LogP contribution is -2.49. The van der Waals surface area contributed by atoms with Crippen molar-refractivity contribution in [1.82, 2.24) is 9.21 Å². The van der Waals surface area contributed by atoms with Crippen molar-refractivity contribution in [2.45, 2.75) is 24.2 Å². The van der Waals surface area contributed by atoms with Gasteiger partial charge in [-0.05, 0) is 59.7 Å². The van der Waals surface area contributed by atoms with Crippen molar-refractivity contribution in [3.8, 4) is 17.6 Å². The van der Waals surface area contributed by atoms with Gasteiger partial charge in [0.2, 0.25) is 10.0 Å². The first kappa shape index (κ1) is 28.4. The number of hydrogen-bond acceptors (Lipinski definition) is 7. The molecule has 0 bridgehead atoms. The van der Waals surface area contributed by atoms with Crippen LogP contribution in [0.2, 0.25) is 0 Å². The Labute approximate surface area is 227 Å². The summed E-state index contributed by atoms with van der Waals surface area (Å²) >= 11 is 0. The predicted octanol–water partition coefficient (Wildman–Crippen LogP) is 4.43. The van der Waals surface area contributed by atoms with Crippen LogP contribution in [0.15, 0.2) is 77.7 Å². The van der Waals surface area contributed by atoms with Gasteiger partial charge in [0.1, 0.15) is 11.5 Å². The number of halogens is 2. The first-order chi connectivity index (χ1) is 18.8. The summed E-state index contributed by atoms with van der Waals surface area (Å²) in [5.74, 6) is 0.610. The number of rotatable bonds is 11. The lowest BCUT2D eigenvalue weighted by Gasteiger charge is -2.36. The van der Waals surface area contributed by atoms with Gasteiger partial charge in [-0.15, -0.1) is 0 Å². The molecule has 1 unspecified atom stereocenters. The fourth-order valence-corrected chi connectivity index (χ4v) is 5.72. The van der Waals surface area contributed by atoms with E-state index in [1.807, 2.05) is 36.4 Å². The zero-order valence-corrected chi connectivity index (χ0v) is 22.2. The third-order valence-electron chi connectivity index (χ3n) is 6.44. The highest BCUT2D eigenvalue weighted by Gasteiger charge is 2.30. The molecule has 0 aromatic heterocycles. The molecule has 39 heavy (non-hydrogen) atoms. The molecule has 0 spiro atoms. The van der Waals surface area contributed by atoms with Crippen molar-refractivity contribution in [2.24, 2.45) is 0 Å². The highest BCUT2D eigenvalue weighted by atomic mass is 32.2. The third-order valence-corrected chi connectivity index (χ3v) is 8.35. The van der Waals surface area contributed by atoms with Crippen LogP contribution in [-0.4, -0.2) is 64.1 Å². The molecule has 1 aliphatic rings. The molecule has 1 aliphatic heterocycles. The molecule has 1 heterocycles. The topological polar surface area (TPSA) is 92.1 Å². The van der Waals surface area contributed by atoms with Crippen LogP contribution < -0.4 is 9.47 Å². The van der Waals surface area contributed by atoms with E-state index in [0.717, 1.165) is 11.1 Å². The molecule has 1 saturated heterocycles. The zero-order chi connectivity index (χ0) is 27.8. The second-order valence-electron chi connectivity index (χ2n) is 8.94. The smallest absolute Gasteiger partial charge is 0.387 e. The van der Waals surface area contributed by atoms with Crippen LogP contribution in [0, 0.1) is 11.3 Å². The molecule has 1 fully saturated rings. The van der Waals surface area contributed by atoms with Crippen molar-refractivity contribution in [3.05, 3.63) is 89.5 Å². The summed E-state index contributed by atoms with van der Waals surface area (Å²) in [5, 5.41) is 9.03. The van der Waals surface area contributed by atoms with Crippen LogP contribution in [0.25, 0.3) is 0 Å². The highest BCUT2D eigenvalue weighted by molar-refractivity contribution is 7.89. The summed E-state index contributed by atoms with van der Waals surface area (Å²) in [5.41, 5.74) is 2.44. The van der Waals surface area contributed by atoms with Gasteiger partial charge < -0.3 is 14.2 Å². The fraction of sp³-hybridized carbons (Fsp3) is 0.321. The number of alkyl halides is 2. The third kappa shape index (κ3) is 7.52. The Hall–Kier alpha value is -3.56. The minimum atomic E-state index is -3.78. The molecule has 3 aromatic rings. The number of piperazine rings is 1. The number of sulfonamides is 1. The summed E-state index contributed by atoms with van der Waals surface area (Å²) in [6.45, 7) is -0.561. The van der Waals surface area contributed by atoms with E-state index < -0.39 is 16.6 Å². The van der Waals surface area contributed by atoms with E-state index >= 15 is 0 Å². The lowest BCUT2D eigenvalue weighted by atomic mass is 10.1. The van der Waals surface area contributed by atoms with E-state index in [1.165, 1.54) is 28.6 Å². The minimum Gasteiger partial charge on any atom is -0.497 e. The maximum Gasteiger partial charge on any atom is 0.387 e. The maximum atomic E-state index is 13.1. The van der Waals surface area contributed by atoms with Gasteiger partial charge in [0.05, 0.1) is 36.3 Å². The molecule has 4 rings (SSSR count). The minimum absolute atomic E-state index is 0.0255. The standard InChI is InChI=1S/C28H29F2N3O5S/c1-36-25-4-2-3-23(17-25)27(37-20-22-7-5-21(18-31)6-8-22)19-32-13-15-33(16-14-32)39(34,35)26-11-9-24(10-12-26)38-28(29)30/h2-12,17,27-28H,13-16,19-20H2,1H3. The van der Waals surface area contributed by atoms with Gasteiger partial charge in [-0.2, -0.15) is 18.3 Å².